The summed E-state index contributed by atoms with van der Waals surface area (Å²) in [5, 5.41) is 7.62. The van der Waals surface area contributed by atoms with Crippen LogP contribution in [0.1, 0.15) is 24.1 Å². The third-order valence-corrected chi connectivity index (χ3v) is 2.77. The number of nitrogens with one attached hydrogen (secondary N) is 1. The summed E-state index contributed by atoms with van der Waals surface area (Å²) >= 11 is 0. The molecule has 6 heteroatoms. The lowest BCUT2D eigenvalue weighted by Gasteiger charge is -2.07. The second kappa shape index (κ2) is 5.03. The smallest absolute Gasteiger partial charge is 0.148 e. The molecule has 0 aromatic carbocycles. The van der Waals surface area contributed by atoms with Crippen molar-refractivity contribution in [3.8, 4) is 0 Å². The van der Waals surface area contributed by atoms with Gasteiger partial charge in [0.2, 0.25) is 0 Å². The Morgan fingerprint density at radius 1 is 1.44 bits per heavy atom. The summed E-state index contributed by atoms with van der Waals surface area (Å²) in [4.78, 5) is 8.40. The van der Waals surface area contributed by atoms with Crippen LogP contribution in [-0.2, 0) is 20.0 Å². The zero-order valence-corrected chi connectivity index (χ0v) is 10.9. The standard InChI is InChI=1S/C12H18N6/c1-4-10-11(13)12(18(3)17-10)15-7-9-5-6-14-8(2)16-9/h5-6,15H,4,7,13H2,1-3H3. The van der Waals surface area contributed by atoms with Crippen LogP contribution in [0, 0.1) is 6.92 Å². The molecule has 0 bridgehead atoms. The largest absolute Gasteiger partial charge is 0.394 e. The fourth-order valence-electron chi connectivity index (χ4n) is 1.84. The van der Waals surface area contributed by atoms with Crippen LogP contribution >= 0.6 is 0 Å². The lowest BCUT2D eigenvalue weighted by molar-refractivity contribution is 0.746. The Hall–Kier alpha value is -2.11. The second-order valence-corrected chi connectivity index (χ2v) is 4.13. The molecule has 0 amide bonds. The van der Waals surface area contributed by atoms with Gasteiger partial charge in [0.25, 0.3) is 0 Å². The first-order valence-electron chi connectivity index (χ1n) is 5.95. The Kier molecular flexibility index (Phi) is 3.45. The topological polar surface area (TPSA) is 81.7 Å². The summed E-state index contributed by atoms with van der Waals surface area (Å²) < 4.78 is 1.77. The first-order chi connectivity index (χ1) is 8.61. The molecule has 96 valence electrons. The minimum absolute atomic E-state index is 0.607. The van der Waals surface area contributed by atoms with Gasteiger partial charge in [-0.2, -0.15) is 5.10 Å². The van der Waals surface area contributed by atoms with Gasteiger partial charge in [0.1, 0.15) is 11.6 Å². The highest BCUT2D eigenvalue weighted by atomic mass is 15.3. The molecule has 0 atom stereocenters. The van der Waals surface area contributed by atoms with E-state index in [2.05, 4.69) is 20.4 Å². The van der Waals surface area contributed by atoms with Crippen molar-refractivity contribution >= 4 is 11.5 Å². The van der Waals surface area contributed by atoms with Gasteiger partial charge < -0.3 is 11.1 Å². The highest BCUT2D eigenvalue weighted by Gasteiger charge is 2.11. The molecule has 0 saturated carbocycles. The summed E-state index contributed by atoms with van der Waals surface area (Å²) in [6, 6.07) is 1.88. The number of aryl methyl sites for hydroxylation is 3. The Labute approximate surface area is 106 Å². The van der Waals surface area contributed by atoms with Crippen molar-refractivity contribution in [3.05, 3.63) is 29.5 Å². The van der Waals surface area contributed by atoms with Crippen molar-refractivity contribution in [1.29, 1.82) is 0 Å². The Morgan fingerprint density at radius 3 is 2.83 bits per heavy atom. The van der Waals surface area contributed by atoms with E-state index >= 15 is 0 Å². The second-order valence-electron chi connectivity index (χ2n) is 4.13. The lowest BCUT2D eigenvalue weighted by Crippen LogP contribution is -2.08. The minimum atomic E-state index is 0.607. The van der Waals surface area contributed by atoms with Crippen LogP contribution in [-0.4, -0.2) is 19.7 Å². The number of rotatable bonds is 4. The van der Waals surface area contributed by atoms with Crippen molar-refractivity contribution in [2.45, 2.75) is 26.8 Å². The SMILES string of the molecule is CCc1nn(C)c(NCc2ccnc(C)n2)c1N. The quantitative estimate of drug-likeness (QED) is 0.849. The zero-order chi connectivity index (χ0) is 13.1. The van der Waals surface area contributed by atoms with Crippen LogP contribution in [0.4, 0.5) is 11.5 Å². The predicted octanol–water partition coefficient (Wildman–Crippen LogP) is 1.28. The van der Waals surface area contributed by atoms with Gasteiger partial charge in [0, 0.05) is 13.2 Å². The Balaban J connectivity index is 2.13. The van der Waals surface area contributed by atoms with E-state index < -0.39 is 0 Å². The van der Waals surface area contributed by atoms with E-state index in [1.54, 1.807) is 10.9 Å². The normalized spacial score (nSPS) is 10.6. The average Bonchev–Trinajstić information content (AvgIpc) is 2.62. The van der Waals surface area contributed by atoms with Gasteiger partial charge in [0.15, 0.2) is 0 Å². The third kappa shape index (κ3) is 2.42. The molecule has 2 rings (SSSR count). The number of aromatic nitrogens is 4. The van der Waals surface area contributed by atoms with Crippen molar-refractivity contribution in [2.75, 3.05) is 11.1 Å². The van der Waals surface area contributed by atoms with Gasteiger partial charge in [-0.3, -0.25) is 4.68 Å². The van der Waals surface area contributed by atoms with Crippen LogP contribution < -0.4 is 11.1 Å². The number of anilines is 2. The van der Waals surface area contributed by atoms with Crippen molar-refractivity contribution in [2.24, 2.45) is 7.05 Å². The lowest BCUT2D eigenvalue weighted by atomic mass is 10.3. The number of nitrogens with zero attached hydrogens (tertiary/aromatic N) is 4. The molecule has 0 aliphatic heterocycles. The molecule has 2 heterocycles. The Morgan fingerprint density at radius 2 is 2.22 bits per heavy atom. The maximum atomic E-state index is 6.03. The third-order valence-electron chi connectivity index (χ3n) is 2.77. The number of hydrogen-bond donors (Lipinski definition) is 2. The monoisotopic (exact) mass is 246 g/mol. The average molecular weight is 246 g/mol. The van der Waals surface area contributed by atoms with Crippen LogP contribution in [0.2, 0.25) is 0 Å². The van der Waals surface area contributed by atoms with E-state index in [-0.39, 0.29) is 0 Å². The minimum Gasteiger partial charge on any atom is -0.394 e. The highest BCUT2D eigenvalue weighted by molar-refractivity contribution is 5.64. The predicted molar refractivity (Wildman–Crippen MR) is 71.1 cm³/mol. The van der Waals surface area contributed by atoms with Gasteiger partial charge in [-0.1, -0.05) is 6.92 Å². The van der Waals surface area contributed by atoms with E-state index in [4.69, 9.17) is 5.73 Å². The highest BCUT2D eigenvalue weighted by Crippen LogP contribution is 2.22. The van der Waals surface area contributed by atoms with E-state index in [1.807, 2.05) is 27.0 Å². The van der Waals surface area contributed by atoms with Gasteiger partial charge in [-0.05, 0) is 19.4 Å². The van der Waals surface area contributed by atoms with E-state index in [0.29, 0.717) is 12.2 Å². The Bertz CT molecular complexity index is 545. The number of nitrogen functional groups attached to an aromatic ring is 1. The van der Waals surface area contributed by atoms with Crippen LogP contribution in [0.5, 0.6) is 0 Å². The molecule has 3 N–H and O–H groups in total. The molecule has 2 aromatic rings. The van der Waals surface area contributed by atoms with E-state index in [1.165, 1.54) is 0 Å². The zero-order valence-electron chi connectivity index (χ0n) is 10.9. The van der Waals surface area contributed by atoms with Crippen molar-refractivity contribution in [3.63, 3.8) is 0 Å². The van der Waals surface area contributed by atoms with Crippen LogP contribution in [0.15, 0.2) is 12.3 Å². The summed E-state index contributed by atoms with van der Waals surface area (Å²) in [7, 11) is 1.88. The molecule has 0 aliphatic rings. The van der Waals surface area contributed by atoms with Gasteiger partial charge in [-0.25, -0.2) is 9.97 Å². The molecule has 0 saturated heterocycles. The number of hydrogen-bond acceptors (Lipinski definition) is 5. The fourth-order valence-corrected chi connectivity index (χ4v) is 1.84. The maximum absolute atomic E-state index is 6.03. The van der Waals surface area contributed by atoms with Crippen LogP contribution in [0.25, 0.3) is 0 Å². The molecule has 0 fully saturated rings. The van der Waals surface area contributed by atoms with E-state index in [0.717, 1.165) is 29.5 Å². The molecule has 6 nitrogen and oxygen atoms in total. The summed E-state index contributed by atoms with van der Waals surface area (Å²) in [5.74, 6) is 1.60. The molecule has 18 heavy (non-hydrogen) atoms. The fraction of sp³-hybridized carbons (Fsp3) is 0.417. The molecule has 0 aliphatic carbocycles. The molecule has 0 spiro atoms. The van der Waals surface area contributed by atoms with Gasteiger partial charge in [-0.15, -0.1) is 0 Å². The van der Waals surface area contributed by atoms with Gasteiger partial charge in [0.05, 0.1) is 23.6 Å². The van der Waals surface area contributed by atoms with Crippen molar-refractivity contribution < 1.29 is 0 Å². The first-order valence-corrected chi connectivity index (χ1v) is 5.95. The van der Waals surface area contributed by atoms with Gasteiger partial charge >= 0.3 is 0 Å². The maximum Gasteiger partial charge on any atom is 0.148 e. The number of nitrogens with two attached hydrogens (primary N) is 1. The molecular formula is C12H18N6. The molecule has 2 aromatic heterocycles. The van der Waals surface area contributed by atoms with Crippen molar-refractivity contribution in [1.82, 2.24) is 19.7 Å². The molecular weight excluding hydrogens is 228 g/mol. The van der Waals surface area contributed by atoms with Crippen LogP contribution in [0.3, 0.4) is 0 Å². The summed E-state index contributed by atoms with van der Waals surface area (Å²) in [6.07, 6.45) is 2.58. The summed E-state index contributed by atoms with van der Waals surface area (Å²) in [5.41, 5.74) is 8.59. The molecule has 0 radical (unpaired) electrons. The molecule has 0 unspecified atom stereocenters. The summed E-state index contributed by atoms with van der Waals surface area (Å²) in [6.45, 7) is 4.52. The first kappa shape index (κ1) is 12.3. The van der Waals surface area contributed by atoms with E-state index in [9.17, 15) is 0 Å².